The van der Waals surface area contributed by atoms with Gasteiger partial charge in [0.2, 0.25) is 27.7 Å². The van der Waals surface area contributed by atoms with E-state index in [1.54, 1.807) is 19.9 Å². The van der Waals surface area contributed by atoms with Gasteiger partial charge in [-0.2, -0.15) is 4.72 Å². The third kappa shape index (κ3) is 4.89. The molecule has 0 spiro atoms. The maximum atomic E-state index is 13.1. The zero-order chi connectivity index (χ0) is 23.0. The third-order valence-corrected chi connectivity index (χ3v) is 7.43. The number of rotatable bonds is 6. The molecule has 170 valence electrons. The Morgan fingerprint density at radius 2 is 1.87 bits per heavy atom. The second-order valence-corrected chi connectivity index (χ2v) is 10.0. The smallest absolute Gasteiger partial charge is 0.250 e. The maximum absolute atomic E-state index is 13.1. The first-order valence-corrected chi connectivity index (χ1v) is 11.6. The molecule has 0 aliphatic carbocycles. The van der Waals surface area contributed by atoms with Crippen molar-refractivity contribution in [1.82, 2.24) is 9.62 Å². The molecule has 2 heterocycles. The Morgan fingerprint density at radius 1 is 1.23 bits per heavy atom. The fourth-order valence-corrected chi connectivity index (χ4v) is 5.35. The van der Waals surface area contributed by atoms with Crippen molar-refractivity contribution in [3.8, 4) is 0 Å². The van der Waals surface area contributed by atoms with E-state index >= 15 is 0 Å². The molecule has 2 aliphatic rings. The number of anilines is 1. The largest absolute Gasteiger partial charge is 0.390 e. The number of benzene rings is 1. The van der Waals surface area contributed by atoms with Gasteiger partial charge in [-0.25, -0.2) is 8.42 Å². The molecule has 3 amide bonds. The summed E-state index contributed by atoms with van der Waals surface area (Å²) in [4.78, 5) is 39.6. The molecule has 0 radical (unpaired) electrons. The number of hydrogen-bond acceptors (Lipinski definition) is 6. The molecule has 0 aromatic heterocycles. The summed E-state index contributed by atoms with van der Waals surface area (Å²) in [6.45, 7) is 4.09. The van der Waals surface area contributed by atoms with Gasteiger partial charge < -0.3 is 20.6 Å². The number of likely N-dealkylation sites (tertiary alicyclic amines) is 1. The molecule has 0 saturated carbocycles. The molecule has 0 bridgehead atoms. The number of nitrogens with one attached hydrogen (secondary N) is 1. The number of primary amides is 1. The number of hydrogen-bond donors (Lipinski definition) is 3. The van der Waals surface area contributed by atoms with Crippen molar-refractivity contribution in [2.24, 2.45) is 5.73 Å². The summed E-state index contributed by atoms with van der Waals surface area (Å²) in [5.74, 6) is -1.96. The summed E-state index contributed by atoms with van der Waals surface area (Å²) in [6.07, 6.45) is 1.70. The second-order valence-electron chi connectivity index (χ2n) is 8.33. The minimum absolute atomic E-state index is 0.0863. The summed E-state index contributed by atoms with van der Waals surface area (Å²) in [7, 11) is -4.30. The lowest BCUT2D eigenvalue weighted by Crippen LogP contribution is -2.57. The highest BCUT2D eigenvalue weighted by Gasteiger charge is 2.37. The molecule has 1 atom stereocenters. The highest BCUT2D eigenvalue weighted by Crippen LogP contribution is 2.29. The highest BCUT2D eigenvalue weighted by atomic mass is 32.2. The molecule has 10 nitrogen and oxygen atoms in total. The first-order chi connectivity index (χ1) is 14.4. The minimum atomic E-state index is -4.30. The second kappa shape index (κ2) is 8.56. The molecule has 3 rings (SSSR count). The fourth-order valence-electron chi connectivity index (χ4n) is 3.93. The number of nitrogens with zero attached hydrogens (tertiary/aromatic N) is 2. The van der Waals surface area contributed by atoms with Crippen molar-refractivity contribution in [3.05, 3.63) is 23.8 Å². The molecule has 2 saturated heterocycles. The normalized spacial score (nSPS) is 20.0. The van der Waals surface area contributed by atoms with Gasteiger partial charge in [-0.05, 0) is 50.8 Å². The lowest BCUT2D eigenvalue weighted by atomic mass is 9.93. The summed E-state index contributed by atoms with van der Waals surface area (Å²) in [5.41, 5.74) is 5.26. The molecule has 2 aliphatic heterocycles. The van der Waals surface area contributed by atoms with E-state index < -0.39 is 33.5 Å². The monoisotopic (exact) mass is 452 g/mol. The van der Waals surface area contributed by atoms with E-state index in [4.69, 9.17) is 5.73 Å². The van der Waals surface area contributed by atoms with Crippen LogP contribution in [0.5, 0.6) is 0 Å². The Bertz CT molecular complexity index is 997. The Hall–Kier alpha value is -2.50. The lowest BCUT2D eigenvalue weighted by molar-refractivity contribution is -0.140. The van der Waals surface area contributed by atoms with Gasteiger partial charge in [0, 0.05) is 31.7 Å². The van der Waals surface area contributed by atoms with Crippen LogP contribution in [0.15, 0.2) is 23.1 Å². The number of amides is 3. The lowest BCUT2D eigenvalue weighted by Gasteiger charge is -2.37. The molecule has 0 unspecified atom stereocenters. The molecular weight excluding hydrogens is 424 g/mol. The van der Waals surface area contributed by atoms with Crippen LogP contribution < -0.4 is 15.4 Å². The van der Waals surface area contributed by atoms with Crippen LogP contribution in [-0.4, -0.2) is 67.4 Å². The third-order valence-electron chi connectivity index (χ3n) is 5.87. The van der Waals surface area contributed by atoms with Crippen LogP contribution in [0.25, 0.3) is 0 Å². The summed E-state index contributed by atoms with van der Waals surface area (Å²) in [5, 5.41) is 10.1. The van der Waals surface area contributed by atoms with Gasteiger partial charge in [0.25, 0.3) is 0 Å². The van der Waals surface area contributed by atoms with Crippen LogP contribution in [0.3, 0.4) is 0 Å². The van der Waals surface area contributed by atoms with Gasteiger partial charge in [-0.1, -0.05) is 6.07 Å². The standard InChI is InChI=1S/C20H28N4O6S/c1-13-14(24-10-4-7-16(24)25)5-3-6-15(13)31(29,30)22-17(18(21)26)19(27)23-11-8-20(2,28)9-12-23/h3,5-6,17,22,28H,4,7-12H2,1-2H3,(H2,21,26)/t17-/m0/s1. The number of carbonyl (C=O) groups is 3. The maximum Gasteiger partial charge on any atom is 0.250 e. The molecule has 1 aromatic carbocycles. The van der Waals surface area contributed by atoms with E-state index in [1.807, 2.05) is 0 Å². The van der Waals surface area contributed by atoms with E-state index in [0.29, 0.717) is 43.5 Å². The number of aliphatic hydroxyl groups is 1. The molecular formula is C20H28N4O6S. The van der Waals surface area contributed by atoms with Crippen molar-refractivity contribution < 1.29 is 27.9 Å². The van der Waals surface area contributed by atoms with Crippen molar-refractivity contribution >= 4 is 33.4 Å². The van der Waals surface area contributed by atoms with Gasteiger partial charge in [0.15, 0.2) is 6.04 Å². The van der Waals surface area contributed by atoms with E-state index in [9.17, 15) is 27.9 Å². The van der Waals surface area contributed by atoms with Crippen molar-refractivity contribution in [2.75, 3.05) is 24.5 Å². The van der Waals surface area contributed by atoms with Gasteiger partial charge >= 0.3 is 0 Å². The number of carbonyl (C=O) groups excluding carboxylic acids is 3. The molecule has 1 aromatic rings. The fraction of sp³-hybridized carbons (Fsp3) is 0.550. The van der Waals surface area contributed by atoms with Crippen molar-refractivity contribution in [1.29, 1.82) is 0 Å². The molecule has 11 heteroatoms. The molecule has 4 N–H and O–H groups in total. The topological polar surface area (TPSA) is 150 Å². The zero-order valence-electron chi connectivity index (χ0n) is 17.6. The van der Waals surface area contributed by atoms with Crippen LogP contribution in [-0.2, 0) is 24.4 Å². The molecule has 31 heavy (non-hydrogen) atoms. The van der Waals surface area contributed by atoms with Crippen LogP contribution in [0.2, 0.25) is 0 Å². The zero-order valence-corrected chi connectivity index (χ0v) is 18.4. The van der Waals surface area contributed by atoms with Crippen molar-refractivity contribution in [3.63, 3.8) is 0 Å². The van der Waals surface area contributed by atoms with Gasteiger partial charge in [0.05, 0.1) is 10.5 Å². The first-order valence-electron chi connectivity index (χ1n) is 10.2. The van der Waals surface area contributed by atoms with Gasteiger partial charge in [-0.15, -0.1) is 0 Å². The average Bonchev–Trinajstić information content (AvgIpc) is 3.11. The number of piperidine rings is 1. The van der Waals surface area contributed by atoms with E-state index in [1.165, 1.54) is 21.9 Å². The van der Waals surface area contributed by atoms with Crippen LogP contribution in [0.1, 0.15) is 38.2 Å². The highest BCUT2D eigenvalue weighted by molar-refractivity contribution is 7.89. The Balaban J connectivity index is 1.85. The van der Waals surface area contributed by atoms with Crippen LogP contribution in [0.4, 0.5) is 5.69 Å². The Labute approximate surface area is 181 Å². The summed E-state index contributed by atoms with van der Waals surface area (Å²) >= 11 is 0. The van der Waals surface area contributed by atoms with Crippen molar-refractivity contribution in [2.45, 2.75) is 56.1 Å². The first kappa shape index (κ1) is 23.2. The average molecular weight is 453 g/mol. The minimum Gasteiger partial charge on any atom is -0.390 e. The van der Waals surface area contributed by atoms with Gasteiger partial charge in [-0.3, -0.25) is 14.4 Å². The number of nitrogens with two attached hydrogens (primary N) is 1. The quantitative estimate of drug-likeness (QED) is 0.501. The summed E-state index contributed by atoms with van der Waals surface area (Å²) < 4.78 is 28.3. The molecule has 2 fully saturated rings. The van der Waals surface area contributed by atoms with Crippen LogP contribution >= 0.6 is 0 Å². The Kier molecular flexibility index (Phi) is 6.40. The van der Waals surface area contributed by atoms with Gasteiger partial charge in [0.1, 0.15) is 0 Å². The predicted molar refractivity (Wildman–Crippen MR) is 113 cm³/mol. The van der Waals surface area contributed by atoms with E-state index in [0.717, 1.165) is 0 Å². The van der Waals surface area contributed by atoms with E-state index in [2.05, 4.69) is 4.72 Å². The Morgan fingerprint density at radius 3 is 2.42 bits per heavy atom. The SMILES string of the molecule is Cc1c(N2CCCC2=O)cccc1S(=O)(=O)N[C@@H](C(N)=O)C(=O)N1CCC(C)(O)CC1. The summed E-state index contributed by atoms with van der Waals surface area (Å²) in [6, 6.07) is 2.75. The predicted octanol–water partition coefficient (Wildman–Crippen LogP) is -0.373. The number of sulfonamides is 1. The van der Waals surface area contributed by atoms with E-state index in [-0.39, 0.29) is 23.9 Å². The van der Waals surface area contributed by atoms with Crippen LogP contribution in [0, 0.1) is 6.92 Å².